The molecule has 0 saturated heterocycles. The molecule has 8 nitrogen and oxygen atoms in total. The third-order valence-corrected chi connectivity index (χ3v) is 5.38. The van der Waals surface area contributed by atoms with Crippen molar-refractivity contribution in [2.24, 2.45) is 0 Å². The molecule has 4 rings (SSSR count). The monoisotopic (exact) mass is 459 g/mol. The second-order valence-electron chi connectivity index (χ2n) is 8.04. The van der Waals surface area contributed by atoms with Crippen LogP contribution in [0.2, 0.25) is 0 Å². The molecule has 3 heterocycles. The van der Waals surface area contributed by atoms with Gasteiger partial charge < -0.3 is 15.1 Å². The molecule has 11 heteroatoms. The Balaban J connectivity index is 1.47. The van der Waals surface area contributed by atoms with Gasteiger partial charge in [-0.1, -0.05) is 0 Å². The molecule has 0 unspecified atom stereocenters. The van der Waals surface area contributed by atoms with Gasteiger partial charge >= 0.3 is 0 Å². The van der Waals surface area contributed by atoms with Crippen LogP contribution in [-0.4, -0.2) is 44.8 Å². The van der Waals surface area contributed by atoms with Crippen molar-refractivity contribution in [2.75, 3.05) is 28.2 Å². The lowest BCUT2D eigenvalue weighted by molar-refractivity contribution is -0.117. The number of carbonyl (C=O) groups excluding carboxylic acids is 1. The Morgan fingerprint density at radius 3 is 2.52 bits per heavy atom. The van der Waals surface area contributed by atoms with Gasteiger partial charge in [-0.25, -0.2) is 18.2 Å². The van der Waals surface area contributed by atoms with Crippen molar-refractivity contribution in [3.05, 3.63) is 59.3 Å². The predicted molar refractivity (Wildman–Crippen MR) is 118 cm³/mol. The van der Waals surface area contributed by atoms with E-state index in [0.717, 1.165) is 17.7 Å². The van der Waals surface area contributed by atoms with Crippen LogP contribution >= 0.6 is 0 Å². The summed E-state index contributed by atoms with van der Waals surface area (Å²) >= 11 is 0. The molecular weight excluding hydrogens is 435 g/mol. The number of carbonyl (C=O) groups is 1. The van der Waals surface area contributed by atoms with Crippen LogP contribution in [0.15, 0.2) is 30.7 Å². The van der Waals surface area contributed by atoms with E-state index in [2.05, 4.69) is 20.4 Å². The van der Waals surface area contributed by atoms with E-state index in [4.69, 9.17) is 0 Å². The van der Waals surface area contributed by atoms with Crippen molar-refractivity contribution in [1.29, 1.82) is 0 Å². The lowest BCUT2D eigenvalue weighted by Gasteiger charge is -2.37. The zero-order chi connectivity index (χ0) is 23.7. The molecule has 1 aliphatic heterocycles. The van der Waals surface area contributed by atoms with Crippen LogP contribution in [0.4, 0.5) is 30.6 Å². The number of benzene rings is 1. The third-order valence-electron chi connectivity index (χ3n) is 5.38. The lowest BCUT2D eigenvalue weighted by atomic mass is 10.2. The molecule has 0 aliphatic carbocycles. The van der Waals surface area contributed by atoms with Gasteiger partial charge in [0.15, 0.2) is 23.3 Å². The van der Waals surface area contributed by atoms with Gasteiger partial charge in [-0.15, -0.1) is 0 Å². The standard InChI is InChI=1S/C22H24F3N7O/c1-4-31-18-9-27-22(29-21(18)32(13(2)3)12-19(31)33)26-7-15-8-28-30(11-15)10-14-5-16(23)20(25)17(24)6-14/h5-6,8-9,11,13H,4,7,10,12H2,1-3H3,(H,26,27,29). The van der Waals surface area contributed by atoms with Gasteiger partial charge in [0.2, 0.25) is 11.9 Å². The van der Waals surface area contributed by atoms with Gasteiger partial charge in [0.1, 0.15) is 5.69 Å². The summed E-state index contributed by atoms with van der Waals surface area (Å²) < 4.78 is 41.5. The van der Waals surface area contributed by atoms with E-state index in [1.165, 1.54) is 4.68 Å². The molecule has 174 valence electrons. The van der Waals surface area contributed by atoms with Crippen molar-refractivity contribution in [2.45, 2.75) is 39.9 Å². The first-order valence-electron chi connectivity index (χ1n) is 10.6. The molecular formula is C22H24F3N7O. The maximum atomic E-state index is 13.4. The van der Waals surface area contributed by atoms with E-state index in [1.54, 1.807) is 23.5 Å². The van der Waals surface area contributed by atoms with Gasteiger partial charge in [-0.2, -0.15) is 10.1 Å². The zero-order valence-corrected chi connectivity index (χ0v) is 18.5. The van der Waals surface area contributed by atoms with Gasteiger partial charge in [0, 0.05) is 30.9 Å². The first-order valence-corrected chi connectivity index (χ1v) is 10.6. The van der Waals surface area contributed by atoms with Crippen molar-refractivity contribution in [1.82, 2.24) is 19.7 Å². The van der Waals surface area contributed by atoms with Crippen LogP contribution in [0.3, 0.4) is 0 Å². The molecule has 0 spiro atoms. The molecule has 0 fully saturated rings. The van der Waals surface area contributed by atoms with Crippen molar-refractivity contribution in [3.8, 4) is 0 Å². The lowest BCUT2D eigenvalue weighted by Crippen LogP contribution is -2.48. The number of nitrogens with zero attached hydrogens (tertiary/aromatic N) is 6. The van der Waals surface area contributed by atoms with E-state index in [-0.39, 0.29) is 30.6 Å². The molecule has 0 saturated carbocycles. The number of likely N-dealkylation sites (N-methyl/N-ethyl adjacent to an activating group) is 1. The Labute approximate surface area is 189 Å². The number of hydrogen-bond donors (Lipinski definition) is 1. The first-order chi connectivity index (χ1) is 15.8. The van der Waals surface area contributed by atoms with Crippen molar-refractivity contribution < 1.29 is 18.0 Å². The normalized spacial score (nSPS) is 13.6. The summed E-state index contributed by atoms with van der Waals surface area (Å²) in [4.78, 5) is 25.0. The summed E-state index contributed by atoms with van der Waals surface area (Å²) in [6.07, 6.45) is 4.96. The second kappa shape index (κ2) is 9.08. The molecule has 33 heavy (non-hydrogen) atoms. The van der Waals surface area contributed by atoms with Gasteiger partial charge in [0.05, 0.1) is 25.5 Å². The molecule has 0 radical (unpaired) electrons. The summed E-state index contributed by atoms with van der Waals surface area (Å²) in [6, 6.07) is 1.99. The quantitative estimate of drug-likeness (QED) is 0.546. The average molecular weight is 459 g/mol. The number of fused-ring (bicyclic) bond motifs is 1. The molecule has 1 aromatic carbocycles. The highest BCUT2D eigenvalue weighted by Gasteiger charge is 2.31. The average Bonchev–Trinajstić information content (AvgIpc) is 3.22. The Hall–Kier alpha value is -3.63. The van der Waals surface area contributed by atoms with Crippen LogP contribution in [0.1, 0.15) is 31.9 Å². The maximum Gasteiger partial charge on any atom is 0.246 e. The van der Waals surface area contributed by atoms with Crippen LogP contribution in [0, 0.1) is 17.5 Å². The van der Waals surface area contributed by atoms with Crippen LogP contribution < -0.4 is 15.1 Å². The molecule has 0 atom stereocenters. The third kappa shape index (κ3) is 4.62. The van der Waals surface area contributed by atoms with E-state index in [1.807, 2.05) is 25.7 Å². The highest BCUT2D eigenvalue weighted by atomic mass is 19.2. The molecule has 1 amide bonds. The Morgan fingerprint density at radius 1 is 1.12 bits per heavy atom. The number of anilines is 3. The van der Waals surface area contributed by atoms with Crippen molar-refractivity contribution in [3.63, 3.8) is 0 Å². The summed E-state index contributed by atoms with van der Waals surface area (Å²) in [5, 5.41) is 7.33. The fraction of sp³-hybridized carbons (Fsp3) is 0.364. The first kappa shape index (κ1) is 22.6. The molecule has 2 aromatic heterocycles. The molecule has 1 aliphatic rings. The highest BCUT2D eigenvalue weighted by Crippen LogP contribution is 2.33. The van der Waals surface area contributed by atoms with Gasteiger partial charge in [-0.3, -0.25) is 9.48 Å². The number of aromatic nitrogens is 4. The Kier molecular flexibility index (Phi) is 6.21. The second-order valence-corrected chi connectivity index (χ2v) is 8.04. The topological polar surface area (TPSA) is 79.2 Å². The predicted octanol–water partition coefficient (Wildman–Crippen LogP) is 3.33. The van der Waals surface area contributed by atoms with Crippen LogP contribution in [0.25, 0.3) is 0 Å². The minimum atomic E-state index is -1.49. The summed E-state index contributed by atoms with van der Waals surface area (Å²) in [5.41, 5.74) is 1.74. The fourth-order valence-corrected chi connectivity index (χ4v) is 3.72. The number of amides is 1. The Bertz CT molecular complexity index is 1160. The minimum Gasteiger partial charge on any atom is -0.350 e. The minimum absolute atomic E-state index is 0.0105. The van der Waals surface area contributed by atoms with E-state index >= 15 is 0 Å². The van der Waals surface area contributed by atoms with Crippen molar-refractivity contribution >= 4 is 23.4 Å². The van der Waals surface area contributed by atoms with Crippen LogP contribution in [-0.2, 0) is 17.9 Å². The summed E-state index contributed by atoms with van der Waals surface area (Å²) in [7, 11) is 0. The number of rotatable bonds is 7. The maximum absolute atomic E-state index is 13.4. The number of nitrogens with one attached hydrogen (secondary N) is 1. The fourth-order valence-electron chi connectivity index (χ4n) is 3.72. The van der Waals surface area contributed by atoms with E-state index < -0.39 is 17.5 Å². The molecule has 0 bridgehead atoms. The smallest absolute Gasteiger partial charge is 0.246 e. The number of hydrogen-bond acceptors (Lipinski definition) is 6. The Morgan fingerprint density at radius 2 is 1.85 bits per heavy atom. The van der Waals surface area contributed by atoms with Gasteiger partial charge in [0.25, 0.3) is 0 Å². The summed E-state index contributed by atoms with van der Waals surface area (Å²) in [6.45, 7) is 7.16. The number of halogens is 3. The van der Waals surface area contributed by atoms with E-state index in [9.17, 15) is 18.0 Å². The molecule has 1 N–H and O–H groups in total. The highest BCUT2D eigenvalue weighted by molar-refractivity contribution is 6.02. The largest absolute Gasteiger partial charge is 0.350 e. The summed E-state index contributed by atoms with van der Waals surface area (Å²) in [5.74, 6) is -2.85. The molecule has 3 aromatic rings. The van der Waals surface area contributed by atoms with E-state index in [0.29, 0.717) is 30.5 Å². The zero-order valence-electron chi connectivity index (χ0n) is 18.5. The van der Waals surface area contributed by atoms with Gasteiger partial charge in [-0.05, 0) is 38.5 Å². The van der Waals surface area contributed by atoms with Crippen LogP contribution in [0.5, 0.6) is 0 Å². The SMILES string of the molecule is CCN1C(=O)CN(C(C)C)c2nc(NCc3cnn(Cc4cc(F)c(F)c(F)c4)c3)ncc21.